The lowest BCUT2D eigenvalue weighted by Gasteiger charge is -2.31. The number of nitrogens with one attached hydrogen (secondary N) is 1. The number of amides is 1. The largest absolute Gasteiger partial charge is 0.393 e. The van der Waals surface area contributed by atoms with Crippen LogP contribution < -0.4 is 0 Å². The molecule has 0 saturated carbocycles. The fourth-order valence-electron chi connectivity index (χ4n) is 2.80. The van der Waals surface area contributed by atoms with Gasteiger partial charge in [0.05, 0.1) is 17.9 Å². The normalized spacial score (nSPS) is 22.1. The molecule has 0 bridgehead atoms. The van der Waals surface area contributed by atoms with Crippen molar-refractivity contribution in [2.24, 2.45) is 0 Å². The molecule has 1 aliphatic rings. The van der Waals surface area contributed by atoms with Crippen molar-refractivity contribution in [3.8, 4) is 0 Å². The molecule has 2 atom stereocenters. The van der Waals surface area contributed by atoms with Crippen molar-refractivity contribution in [2.75, 3.05) is 6.54 Å². The van der Waals surface area contributed by atoms with Gasteiger partial charge >= 0.3 is 0 Å². The summed E-state index contributed by atoms with van der Waals surface area (Å²) in [7, 11) is 0. The van der Waals surface area contributed by atoms with Crippen LogP contribution >= 0.6 is 0 Å². The second-order valence-electron chi connectivity index (χ2n) is 5.50. The predicted molar refractivity (Wildman–Crippen MR) is 72.9 cm³/mol. The quantitative estimate of drug-likeness (QED) is 0.876. The fraction of sp³-hybridized carbons (Fsp3) is 0.714. The summed E-state index contributed by atoms with van der Waals surface area (Å²) in [5.74, 6) is 0.0406. The molecular weight excluding hydrogens is 242 g/mol. The Morgan fingerprint density at radius 2 is 2.37 bits per heavy atom. The lowest BCUT2D eigenvalue weighted by atomic mass is 10.0. The SMILES string of the molecule is Cc1[nH]ncc1C(=O)N1CCCCCC1CC(C)O. The Hall–Kier alpha value is -1.36. The van der Waals surface area contributed by atoms with Crippen molar-refractivity contribution >= 4 is 5.91 Å². The van der Waals surface area contributed by atoms with Gasteiger partial charge in [0.25, 0.3) is 5.91 Å². The zero-order valence-corrected chi connectivity index (χ0v) is 11.7. The van der Waals surface area contributed by atoms with Gasteiger partial charge in [-0.2, -0.15) is 5.10 Å². The van der Waals surface area contributed by atoms with Crippen LogP contribution in [0.1, 0.15) is 55.1 Å². The maximum absolute atomic E-state index is 12.6. The summed E-state index contributed by atoms with van der Waals surface area (Å²) in [6.07, 6.45) is 6.19. The Balaban J connectivity index is 2.17. The van der Waals surface area contributed by atoms with Crippen LogP contribution in [0.3, 0.4) is 0 Å². The van der Waals surface area contributed by atoms with Crippen molar-refractivity contribution in [1.82, 2.24) is 15.1 Å². The van der Waals surface area contributed by atoms with E-state index in [1.807, 2.05) is 11.8 Å². The number of aryl methyl sites for hydroxylation is 1. The Morgan fingerprint density at radius 1 is 1.58 bits per heavy atom. The number of H-pyrrole nitrogens is 1. The van der Waals surface area contributed by atoms with Gasteiger partial charge in [-0.05, 0) is 33.1 Å². The third-order valence-corrected chi connectivity index (χ3v) is 3.81. The van der Waals surface area contributed by atoms with Gasteiger partial charge in [-0.3, -0.25) is 9.89 Å². The standard InChI is InChI=1S/C14H23N3O2/c1-10(18)8-12-6-4-3-5-7-17(12)14(19)13-9-15-16-11(13)2/h9-10,12,18H,3-8H2,1-2H3,(H,15,16). The van der Waals surface area contributed by atoms with Crippen LogP contribution in [0.15, 0.2) is 6.20 Å². The van der Waals surface area contributed by atoms with Gasteiger partial charge in [0, 0.05) is 18.3 Å². The van der Waals surface area contributed by atoms with E-state index in [4.69, 9.17) is 0 Å². The van der Waals surface area contributed by atoms with E-state index in [0.717, 1.165) is 37.9 Å². The van der Waals surface area contributed by atoms with E-state index >= 15 is 0 Å². The van der Waals surface area contributed by atoms with Gasteiger partial charge in [0.1, 0.15) is 0 Å². The maximum Gasteiger partial charge on any atom is 0.257 e. The van der Waals surface area contributed by atoms with Gasteiger partial charge in [0.15, 0.2) is 0 Å². The highest BCUT2D eigenvalue weighted by Crippen LogP contribution is 2.23. The second-order valence-corrected chi connectivity index (χ2v) is 5.50. The fourth-order valence-corrected chi connectivity index (χ4v) is 2.80. The van der Waals surface area contributed by atoms with Crippen LogP contribution in [0.5, 0.6) is 0 Å². The van der Waals surface area contributed by atoms with Crippen LogP contribution in [0.25, 0.3) is 0 Å². The third-order valence-electron chi connectivity index (χ3n) is 3.81. The first kappa shape index (κ1) is 14.1. The highest BCUT2D eigenvalue weighted by molar-refractivity contribution is 5.95. The number of rotatable bonds is 3. The van der Waals surface area contributed by atoms with E-state index in [0.29, 0.717) is 12.0 Å². The maximum atomic E-state index is 12.6. The molecule has 0 aromatic carbocycles. The number of hydrogen-bond acceptors (Lipinski definition) is 3. The molecule has 2 heterocycles. The minimum atomic E-state index is -0.371. The Labute approximate surface area is 114 Å². The summed E-state index contributed by atoms with van der Waals surface area (Å²) in [5.41, 5.74) is 1.46. The molecule has 19 heavy (non-hydrogen) atoms. The molecule has 2 N–H and O–H groups in total. The molecule has 5 nitrogen and oxygen atoms in total. The smallest absolute Gasteiger partial charge is 0.257 e. The zero-order chi connectivity index (χ0) is 13.8. The number of carbonyl (C=O) groups is 1. The lowest BCUT2D eigenvalue weighted by Crippen LogP contribution is -2.41. The summed E-state index contributed by atoms with van der Waals surface area (Å²) in [5, 5.41) is 16.4. The van der Waals surface area contributed by atoms with Crippen molar-refractivity contribution in [1.29, 1.82) is 0 Å². The molecule has 0 aliphatic carbocycles. The number of likely N-dealkylation sites (tertiary alicyclic amines) is 1. The Kier molecular flexibility index (Phi) is 4.58. The highest BCUT2D eigenvalue weighted by atomic mass is 16.3. The summed E-state index contributed by atoms with van der Waals surface area (Å²) >= 11 is 0. The first-order valence-corrected chi connectivity index (χ1v) is 7.08. The van der Waals surface area contributed by atoms with E-state index in [1.165, 1.54) is 0 Å². The number of aromatic nitrogens is 2. The van der Waals surface area contributed by atoms with E-state index < -0.39 is 0 Å². The molecule has 2 unspecified atom stereocenters. The van der Waals surface area contributed by atoms with Gasteiger partial charge in [-0.1, -0.05) is 12.8 Å². The average Bonchev–Trinajstić information content (AvgIpc) is 2.64. The molecule has 1 amide bonds. The van der Waals surface area contributed by atoms with Crippen LogP contribution in [0.4, 0.5) is 0 Å². The number of hydrogen-bond donors (Lipinski definition) is 2. The van der Waals surface area contributed by atoms with Gasteiger partial charge in [-0.25, -0.2) is 0 Å². The van der Waals surface area contributed by atoms with Crippen LogP contribution in [0.2, 0.25) is 0 Å². The van der Waals surface area contributed by atoms with Gasteiger partial charge in [-0.15, -0.1) is 0 Å². The number of aliphatic hydroxyl groups excluding tert-OH is 1. The van der Waals surface area contributed by atoms with Crippen LogP contribution in [-0.4, -0.2) is 44.8 Å². The molecule has 1 aromatic rings. The minimum Gasteiger partial charge on any atom is -0.393 e. The summed E-state index contributed by atoms with van der Waals surface area (Å²) in [6, 6.07) is 0.143. The number of aliphatic hydroxyl groups is 1. The van der Waals surface area contributed by atoms with E-state index in [2.05, 4.69) is 10.2 Å². The van der Waals surface area contributed by atoms with Crippen molar-refractivity contribution in [2.45, 2.75) is 58.1 Å². The van der Waals surface area contributed by atoms with E-state index in [-0.39, 0.29) is 18.1 Å². The first-order chi connectivity index (χ1) is 9.09. The number of carbonyl (C=O) groups excluding carboxylic acids is 1. The second kappa shape index (κ2) is 6.19. The first-order valence-electron chi connectivity index (χ1n) is 7.08. The molecule has 1 fully saturated rings. The Bertz CT molecular complexity index is 428. The average molecular weight is 265 g/mol. The van der Waals surface area contributed by atoms with E-state index in [9.17, 15) is 9.90 Å². The predicted octanol–water partition coefficient (Wildman–Crippen LogP) is 1.87. The minimum absolute atomic E-state index is 0.0406. The van der Waals surface area contributed by atoms with Crippen molar-refractivity contribution < 1.29 is 9.90 Å². The molecule has 2 rings (SSSR count). The van der Waals surface area contributed by atoms with Crippen molar-refractivity contribution in [3.63, 3.8) is 0 Å². The molecule has 0 radical (unpaired) electrons. The number of nitrogens with zero attached hydrogens (tertiary/aromatic N) is 2. The molecule has 106 valence electrons. The van der Waals surface area contributed by atoms with Gasteiger partial charge < -0.3 is 10.0 Å². The van der Waals surface area contributed by atoms with Gasteiger partial charge in [0.2, 0.25) is 0 Å². The molecule has 1 aromatic heterocycles. The summed E-state index contributed by atoms with van der Waals surface area (Å²) in [4.78, 5) is 14.5. The van der Waals surface area contributed by atoms with Crippen molar-refractivity contribution in [3.05, 3.63) is 17.5 Å². The molecule has 0 spiro atoms. The molecular formula is C14H23N3O2. The lowest BCUT2D eigenvalue weighted by molar-refractivity contribution is 0.0606. The zero-order valence-electron chi connectivity index (χ0n) is 11.7. The Morgan fingerprint density at radius 3 is 3.00 bits per heavy atom. The topological polar surface area (TPSA) is 69.2 Å². The third kappa shape index (κ3) is 3.35. The summed E-state index contributed by atoms with van der Waals surface area (Å²) in [6.45, 7) is 4.43. The highest BCUT2D eigenvalue weighted by Gasteiger charge is 2.28. The molecule has 5 heteroatoms. The van der Waals surface area contributed by atoms with Crippen LogP contribution in [0, 0.1) is 6.92 Å². The summed E-state index contributed by atoms with van der Waals surface area (Å²) < 4.78 is 0. The number of aromatic amines is 1. The molecule has 1 aliphatic heterocycles. The molecule has 1 saturated heterocycles. The van der Waals surface area contributed by atoms with Crippen LogP contribution in [-0.2, 0) is 0 Å². The monoisotopic (exact) mass is 265 g/mol. The van der Waals surface area contributed by atoms with E-state index in [1.54, 1.807) is 13.1 Å².